The molecule has 1 rings (SSSR count). The minimum atomic E-state index is -0.436. The second-order valence-corrected chi connectivity index (χ2v) is 2.95. The van der Waals surface area contributed by atoms with Crippen LogP contribution in [-0.4, -0.2) is 10.8 Å². The minimum Gasteiger partial charge on any atom is -0.388 e. The summed E-state index contributed by atoms with van der Waals surface area (Å²) in [6, 6.07) is 6.27. The van der Waals surface area contributed by atoms with Gasteiger partial charge >= 0.3 is 0 Å². The van der Waals surface area contributed by atoms with Crippen molar-refractivity contribution in [1.82, 2.24) is 0 Å². The Morgan fingerprint density at radius 2 is 2.00 bits per heavy atom. The van der Waals surface area contributed by atoms with E-state index in [0.29, 0.717) is 12.8 Å². The monoisotopic (exact) mass is 193 g/mol. The molecule has 74 valence electrons. The summed E-state index contributed by atoms with van der Waals surface area (Å²) in [5, 5.41) is 17.4. The molecule has 0 atom stereocenters. The van der Waals surface area contributed by atoms with Crippen LogP contribution in [0.15, 0.2) is 24.3 Å². The molecule has 5 nitrogen and oxygen atoms in total. The fraction of sp³-hybridized carbons (Fsp3) is 0.222. The molecule has 1 aromatic rings. The lowest BCUT2D eigenvalue weighted by atomic mass is 10.1. The predicted octanol–water partition coefficient (Wildman–Crippen LogP) is 1.46. The van der Waals surface area contributed by atoms with Crippen LogP contribution in [0.3, 0.4) is 0 Å². The third-order valence-corrected chi connectivity index (χ3v) is 1.83. The summed E-state index contributed by atoms with van der Waals surface area (Å²) in [5.41, 5.74) is 6.22. The first-order valence-electron chi connectivity index (χ1n) is 4.16. The molecular formula is C9H11N3O2. The Hall–Kier alpha value is -1.91. The molecule has 0 aliphatic heterocycles. The van der Waals surface area contributed by atoms with E-state index < -0.39 is 4.92 Å². The molecule has 14 heavy (non-hydrogen) atoms. The number of hydrogen-bond acceptors (Lipinski definition) is 3. The molecule has 0 fully saturated rings. The highest BCUT2D eigenvalue weighted by molar-refractivity contribution is 5.77. The van der Waals surface area contributed by atoms with E-state index in [1.807, 2.05) is 0 Å². The molecule has 0 saturated heterocycles. The van der Waals surface area contributed by atoms with Gasteiger partial charge in [-0.25, -0.2) is 0 Å². The minimum absolute atomic E-state index is 0.0802. The molecule has 0 spiro atoms. The molecule has 0 saturated carbocycles. The lowest BCUT2D eigenvalue weighted by Crippen LogP contribution is -2.10. The van der Waals surface area contributed by atoms with Crippen molar-refractivity contribution >= 4 is 11.5 Å². The summed E-state index contributed by atoms with van der Waals surface area (Å²) >= 11 is 0. The number of non-ortho nitro benzene ring substituents is 1. The summed E-state index contributed by atoms with van der Waals surface area (Å²) in [4.78, 5) is 9.89. The van der Waals surface area contributed by atoms with Crippen molar-refractivity contribution in [3.8, 4) is 0 Å². The Kier molecular flexibility index (Phi) is 3.17. The first-order chi connectivity index (χ1) is 6.59. The van der Waals surface area contributed by atoms with Gasteiger partial charge in [-0.15, -0.1) is 0 Å². The van der Waals surface area contributed by atoms with Gasteiger partial charge in [0.15, 0.2) is 0 Å². The number of nitrogens with zero attached hydrogens (tertiary/aromatic N) is 1. The number of nitrogens with one attached hydrogen (secondary N) is 1. The molecule has 3 N–H and O–H groups in total. The maximum Gasteiger partial charge on any atom is 0.269 e. The Bertz CT molecular complexity index is 346. The summed E-state index contributed by atoms with van der Waals surface area (Å²) in [6.07, 6.45) is 1.13. The number of nitro benzene ring substituents is 1. The molecule has 0 radical (unpaired) electrons. The van der Waals surface area contributed by atoms with E-state index in [2.05, 4.69) is 0 Å². The zero-order chi connectivity index (χ0) is 10.6. The van der Waals surface area contributed by atoms with Crippen LogP contribution in [0.1, 0.15) is 12.0 Å². The van der Waals surface area contributed by atoms with Crippen LogP contribution < -0.4 is 5.73 Å². The zero-order valence-corrected chi connectivity index (χ0v) is 7.56. The van der Waals surface area contributed by atoms with Crippen LogP contribution in [0.4, 0.5) is 5.69 Å². The Balaban J connectivity index is 2.64. The average molecular weight is 193 g/mol. The highest BCUT2D eigenvalue weighted by Gasteiger charge is 2.03. The van der Waals surface area contributed by atoms with Gasteiger partial charge < -0.3 is 5.73 Å². The Labute approximate surface area is 81.2 Å². The number of nitro groups is 1. The van der Waals surface area contributed by atoms with Gasteiger partial charge in [-0.05, 0) is 12.0 Å². The number of hydrogen-bond donors (Lipinski definition) is 2. The van der Waals surface area contributed by atoms with E-state index in [0.717, 1.165) is 5.56 Å². The molecule has 0 heterocycles. The van der Waals surface area contributed by atoms with E-state index >= 15 is 0 Å². The summed E-state index contributed by atoms with van der Waals surface area (Å²) in [5.74, 6) is 0.128. The quantitative estimate of drug-likeness (QED) is 0.328. The van der Waals surface area contributed by atoms with E-state index in [9.17, 15) is 10.1 Å². The van der Waals surface area contributed by atoms with Crippen molar-refractivity contribution in [2.75, 3.05) is 0 Å². The van der Waals surface area contributed by atoms with Crippen LogP contribution in [0.2, 0.25) is 0 Å². The van der Waals surface area contributed by atoms with Gasteiger partial charge in [0.25, 0.3) is 5.69 Å². The molecule has 0 unspecified atom stereocenters. The van der Waals surface area contributed by atoms with Gasteiger partial charge in [0, 0.05) is 18.6 Å². The summed E-state index contributed by atoms with van der Waals surface area (Å²) in [6.45, 7) is 0. The molecule has 0 amide bonds. The fourth-order valence-corrected chi connectivity index (χ4v) is 1.06. The van der Waals surface area contributed by atoms with Gasteiger partial charge in [-0.1, -0.05) is 12.1 Å². The summed E-state index contributed by atoms with van der Waals surface area (Å²) < 4.78 is 0. The highest BCUT2D eigenvalue weighted by Crippen LogP contribution is 2.12. The second kappa shape index (κ2) is 4.36. The third-order valence-electron chi connectivity index (χ3n) is 1.83. The topological polar surface area (TPSA) is 93.0 Å². The van der Waals surface area contributed by atoms with Crippen molar-refractivity contribution in [2.45, 2.75) is 12.8 Å². The van der Waals surface area contributed by atoms with Gasteiger partial charge in [0.1, 0.15) is 0 Å². The molecule has 0 aliphatic rings. The predicted molar refractivity (Wildman–Crippen MR) is 53.3 cm³/mol. The van der Waals surface area contributed by atoms with Gasteiger partial charge in [-0.3, -0.25) is 15.5 Å². The van der Waals surface area contributed by atoms with Crippen LogP contribution in [0.5, 0.6) is 0 Å². The molecule has 1 aromatic carbocycles. The van der Waals surface area contributed by atoms with E-state index in [1.54, 1.807) is 12.1 Å². The van der Waals surface area contributed by atoms with Gasteiger partial charge in [-0.2, -0.15) is 0 Å². The lowest BCUT2D eigenvalue weighted by molar-refractivity contribution is -0.384. The zero-order valence-electron chi connectivity index (χ0n) is 7.56. The summed E-state index contributed by atoms with van der Waals surface area (Å²) in [7, 11) is 0. The standard InChI is InChI=1S/C9H11N3O2/c10-9(11)6-3-7-1-4-8(5-2-7)12(13)14/h1-2,4-5H,3,6H2,(H3,10,11). The molecule has 5 heteroatoms. The molecule has 0 aliphatic carbocycles. The van der Waals surface area contributed by atoms with Crippen LogP contribution >= 0.6 is 0 Å². The van der Waals surface area contributed by atoms with Crippen molar-refractivity contribution in [3.05, 3.63) is 39.9 Å². The number of rotatable bonds is 4. The fourth-order valence-electron chi connectivity index (χ4n) is 1.06. The van der Waals surface area contributed by atoms with Crippen LogP contribution in [0, 0.1) is 15.5 Å². The third kappa shape index (κ3) is 2.85. The molecular weight excluding hydrogens is 182 g/mol. The number of nitrogens with two attached hydrogens (primary N) is 1. The van der Waals surface area contributed by atoms with Crippen LogP contribution in [-0.2, 0) is 6.42 Å². The Morgan fingerprint density at radius 3 is 2.43 bits per heavy atom. The van der Waals surface area contributed by atoms with E-state index in [4.69, 9.17) is 11.1 Å². The van der Waals surface area contributed by atoms with Crippen molar-refractivity contribution < 1.29 is 4.92 Å². The normalized spacial score (nSPS) is 9.71. The average Bonchev–Trinajstić information content (AvgIpc) is 2.15. The first kappa shape index (κ1) is 10.2. The van der Waals surface area contributed by atoms with E-state index in [1.165, 1.54) is 12.1 Å². The van der Waals surface area contributed by atoms with Crippen LogP contribution in [0.25, 0.3) is 0 Å². The number of aryl methyl sites for hydroxylation is 1. The van der Waals surface area contributed by atoms with Gasteiger partial charge in [0.05, 0.1) is 10.8 Å². The second-order valence-electron chi connectivity index (χ2n) is 2.95. The van der Waals surface area contributed by atoms with Crippen molar-refractivity contribution in [2.24, 2.45) is 5.73 Å². The van der Waals surface area contributed by atoms with Gasteiger partial charge in [0.2, 0.25) is 0 Å². The van der Waals surface area contributed by atoms with Crippen molar-refractivity contribution in [3.63, 3.8) is 0 Å². The Morgan fingerprint density at radius 1 is 1.43 bits per heavy atom. The first-order valence-corrected chi connectivity index (χ1v) is 4.16. The number of amidine groups is 1. The molecule has 0 aromatic heterocycles. The smallest absolute Gasteiger partial charge is 0.269 e. The maximum atomic E-state index is 10.3. The highest BCUT2D eigenvalue weighted by atomic mass is 16.6. The number of benzene rings is 1. The largest absolute Gasteiger partial charge is 0.388 e. The van der Waals surface area contributed by atoms with Crippen molar-refractivity contribution in [1.29, 1.82) is 5.41 Å². The van der Waals surface area contributed by atoms with E-state index in [-0.39, 0.29) is 11.5 Å². The SMILES string of the molecule is N=C(N)CCc1ccc([N+](=O)[O-])cc1. The maximum absolute atomic E-state index is 10.3. The lowest BCUT2D eigenvalue weighted by Gasteiger charge is -1.99. The molecule has 0 bridgehead atoms.